The van der Waals surface area contributed by atoms with Crippen molar-refractivity contribution in [2.24, 2.45) is 0 Å². The van der Waals surface area contributed by atoms with Gasteiger partial charge < -0.3 is 5.32 Å². The summed E-state index contributed by atoms with van der Waals surface area (Å²) in [7, 11) is -3.21. The van der Waals surface area contributed by atoms with Gasteiger partial charge >= 0.3 is 0 Å². The molecular formula is C16H17ClN2O4S. The van der Waals surface area contributed by atoms with Crippen LogP contribution in [0.2, 0.25) is 5.02 Å². The van der Waals surface area contributed by atoms with Crippen molar-refractivity contribution >= 4 is 32.8 Å². The summed E-state index contributed by atoms with van der Waals surface area (Å²) in [6.45, 7) is 3.76. The smallest absolute Gasteiger partial charge is 0.271 e. The van der Waals surface area contributed by atoms with E-state index in [1.54, 1.807) is 38.1 Å². The molecule has 0 saturated heterocycles. The highest BCUT2D eigenvalue weighted by Crippen LogP contribution is 2.31. The molecule has 2 aromatic carbocycles. The number of sulfone groups is 1. The first-order valence-electron chi connectivity index (χ1n) is 7.24. The predicted molar refractivity (Wildman–Crippen MR) is 94.3 cm³/mol. The fraction of sp³-hybridized carbons (Fsp3) is 0.250. The molecule has 0 radical (unpaired) electrons. The third-order valence-electron chi connectivity index (χ3n) is 3.61. The molecule has 24 heavy (non-hydrogen) atoms. The zero-order chi connectivity index (χ0) is 17.9. The number of anilines is 1. The number of halogens is 1. The van der Waals surface area contributed by atoms with Crippen molar-refractivity contribution in [3.8, 4) is 0 Å². The van der Waals surface area contributed by atoms with E-state index in [0.29, 0.717) is 22.7 Å². The maximum atomic E-state index is 11.8. The Bertz CT molecular complexity index is 841. The van der Waals surface area contributed by atoms with Crippen LogP contribution in [0.5, 0.6) is 0 Å². The van der Waals surface area contributed by atoms with Crippen LogP contribution in [0.4, 0.5) is 11.4 Å². The van der Waals surface area contributed by atoms with Crippen molar-refractivity contribution in [1.29, 1.82) is 0 Å². The second-order valence-electron chi connectivity index (χ2n) is 5.28. The van der Waals surface area contributed by atoms with E-state index in [1.165, 1.54) is 12.1 Å². The van der Waals surface area contributed by atoms with Crippen molar-refractivity contribution in [1.82, 2.24) is 0 Å². The molecule has 0 aliphatic carbocycles. The average molecular weight is 369 g/mol. The molecule has 0 aliphatic heterocycles. The topological polar surface area (TPSA) is 89.3 Å². The maximum Gasteiger partial charge on any atom is 0.271 e. The molecular weight excluding hydrogens is 352 g/mol. The maximum absolute atomic E-state index is 11.8. The van der Waals surface area contributed by atoms with Crippen LogP contribution in [0.1, 0.15) is 18.1 Å². The van der Waals surface area contributed by atoms with Crippen LogP contribution in [0.25, 0.3) is 0 Å². The standard InChI is InChI=1S/C16H17ClN2O4S/c1-3-24(22,23)14-6-4-12(5-7-14)10-18-16-11(2)8-13(19(20)21)9-15(16)17/h4-9,18H,3,10H2,1-2H3. The van der Waals surface area contributed by atoms with Crippen molar-refractivity contribution in [2.75, 3.05) is 11.1 Å². The molecule has 0 aromatic heterocycles. The first-order valence-corrected chi connectivity index (χ1v) is 9.27. The van der Waals surface area contributed by atoms with E-state index in [-0.39, 0.29) is 16.5 Å². The number of nitro groups is 1. The number of hydrogen-bond acceptors (Lipinski definition) is 5. The number of aryl methyl sites for hydroxylation is 1. The van der Waals surface area contributed by atoms with Crippen LogP contribution >= 0.6 is 11.6 Å². The van der Waals surface area contributed by atoms with Gasteiger partial charge in [-0.15, -0.1) is 0 Å². The Balaban J connectivity index is 2.16. The molecule has 1 N–H and O–H groups in total. The zero-order valence-electron chi connectivity index (χ0n) is 13.2. The molecule has 2 rings (SSSR count). The molecule has 8 heteroatoms. The largest absolute Gasteiger partial charge is 0.380 e. The van der Waals surface area contributed by atoms with Gasteiger partial charge in [0, 0.05) is 18.7 Å². The summed E-state index contributed by atoms with van der Waals surface area (Å²) >= 11 is 6.10. The molecule has 128 valence electrons. The number of nitro benzene ring substituents is 1. The van der Waals surface area contributed by atoms with Gasteiger partial charge in [-0.3, -0.25) is 10.1 Å². The van der Waals surface area contributed by atoms with Gasteiger partial charge in [-0.1, -0.05) is 30.7 Å². The highest BCUT2D eigenvalue weighted by Gasteiger charge is 2.14. The molecule has 0 fully saturated rings. The van der Waals surface area contributed by atoms with Crippen molar-refractivity contribution in [3.05, 3.63) is 62.7 Å². The molecule has 2 aromatic rings. The first kappa shape index (κ1) is 18.2. The summed E-state index contributed by atoms with van der Waals surface area (Å²) in [6, 6.07) is 9.34. The van der Waals surface area contributed by atoms with Crippen LogP contribution in [-0.4, -0.2) is 19.1 Å². The molecule has 0 unspecified atom stereocenters. The SMILES string of the molecule is CCS(=O)(=O)c1ccc(CNc2c(C)cc([N+](=O)[O-])cc2Cl)cc1. The van der Waals surface area contributed by atoms with E-state index in [0.717, 1.165) is 5.56 Å². The van der Waals surface area contributed by atoms with Gasteiger partial charge in [0.15, 0.2) is 9.84 Å². The minimum absolute atomic E-state index is 0.0577. The van der Waals surface area contributed by atoms with E-state index in [1.807, 2.05) is 0 Å². The van der Waals surface area contributed by atoms with Crippen LogP contribution in [0, 0.1) is 17.0 Å². The third-order valence-corrected chi connectivity index (χ3v) is 5.66. The minimum atomic E-state index is -3.21. The third kappa shape index (κ3) is 4.04. The summed E-state index contributed by atoms with van der Waals surface area (Å²) < 4.78 is 23.6. The lowest BCUT2D eigenvalue weighted by Gasteiger charge is -2.12. The number of hydrogen-bond donors (Lipinski definition) is 1. The highest BCUT2D eigenvalue weighted by atomic mass is 35.5. The lowest BCUT2D eigenvalue weighted by Crippen LogP contribution is -2.05. The van der Waals surface area contributed by atoms with Crippen molar-refractivity contribution in [3.63, 3.8) is 0 Å². The number of nitrogens with zero attached hydrogens (tertiary/aromatic N) is 1. The molecule has 0 spiro atoms. The van der Waals surface area contributed by atoms with E-state index >= 15 is 0 Å². The van der Waals surface area contributed by atoms with Crippen LogP contribution in [0.3, 0.4) is 0 Å². The highest BCUT2D eigenvalue weighted by molar-refractivity contribution is 7.91. The van der Waals surface area contributed by atoms with E-state index in [4.69, 9.17) is 11.6 Å². The predicted octanol–water partition coefficient (Wildman–Crippen LogP) is 3.96. The molecule has 0 saturated carbocycles. The van der Waals surface area contributed by atoms with Gasteiger partial charge in [0.05, 0.1) is 26.3 Å². The summed E-state index contributed by atoms with van der Waals surface area (Å²) in [4.78, 5) is 10.6. The number of non-ortho nitro benzene ring substituents is 1. The van der Waals surface area contributed by atoms with Crippen LogP contribution in [-0.2, 0) is 16.4 Å². The molecule has 0 amide bonds. The second-order valence-corrected chi connectivity index (χ2v) is 7.96. The van der Waals surface area contributed by atoms with E-state index < -0.39 is 14.8 Å². The fourth-order valence-corrected chi connectivity index (χ4v) is 3.44. The summed E-state index contributed by atoms with van der Waals surface area (Å²) in [6.07, 6.45) is 0. The Morgan fingerprint density at radius 2 is 1.83 bits per heavy atom. The Hall–Kier alpha value is -2.12. The number of nitrogens with one attached hydrogen (secondary N) is 1. The summed E-state index contributed by atoms with van der Waals surface area (Å²) in [5, 5.41) is 14.2. The normalized spacial score (nSPS) is 11.3. The summed E-state index contributed by atoms with van der Waals surface area (Å²) in [5.74, 6) is 0.0577. The van der Waals surface area contributed by atoms with E-state index in [2.05, 4.69) is 5.32 Å². The Morgan fingerprint density at radius 1 is 1.21 bits per heavy atom. The average Bonchev–Trinajstić information content (AvgIpc) is 2.54. The van der Waals surface area contributed by atoms with E-state index in [9.17, 15) is 18.5 Å². The van der Waals surface area contributed by atoms with Crippen molar-refractivity contribution < 1.29 is 13.3 Å². The minimum Gasteiger partial charge on any atom is -0.380 e. The monoisotopic (exact) mass is 368 g/mol. The number of benzene rings is 2. The fourth-order valence-electron chi connectivity index (χ4n) is 2.23. The zero-order valence-corrected chi connectivity index (χ0v) is 14.8. The van der Waals surface area contributed by atoms with Crippen molar-refractivity contribution in [2.45, 2.75) is 25.3 Å². The second kappa shape index (κ2) is 7.19. The molecule has 0 aliphatic rings. The van der Waals surface area contributed by atoms with Crippen LogP contribution < -0.4 is 5.32 Å². The lowest BCUT2D eigenvalue weighted by atomic mass is 10.1. The first-order chi connectivity index (χ1) is 11.2. The number of rotatable bonds is 6. The summed E-state index contributed by atoms with van der Waals surface area (Å²) in [5.41, 5.74) is 2.10. The van der Waals surface area contributed by atoms with Gasteiger partial charge in [0.25, 0.3) is 5.69 Å². The molecule has 6 nitrogen and oxygen atoms in total. The molecule has 0 bridgehead atoms. The Morgan fingerprint density at radius 3 is 2.33 bits per heavy atom. The lowest BCUT2D eigenvalue weighted by molar-refractivity contribution is -0.384. The quantitative estimate of drug-likeness (QED) is 0.615. The van der Waals surface area contributed by atoms with Gasteiger partial charge in [-0.05, 0) is 30.2 Å². The Kier molecular flexibility index (Phi) is 5.46. The van der Waals surface area contributed by atoms with Gasteiger partial charge in [-0.25, -0.2) is 8.42 Å². The van der Waals surface area contributed by atoms with Gasteiger partial charge in [0.1, 0.15) is 0 Å². The van der Waals surface area contributed by atoms with Gasteiger partial charge in [0.2, 0.25) is 0 Å². The van der Waals surface area contributed by atoms with Crippen LogP contribution in [0.15, 0.2) is 41.3 Å². The van der Waals surface area contributed by atoms with Gasteiger partial charge in [-0.2, -0.15) is 0 Å². The molecule has 0 heterocycles. The Labute approximate surface area is 145 Å². The molecule has 0 atom stereocenters.